The third-order valence-electron chi connectivity index (χ3n) is 2.98. The lowest BCUT2D eigenvalue weighted by molar-refractivity contribution is -0.159. The van der Waals surface area contributed by atoms with Gasteiger partial charge >= 0.3 is 11.9 Å². The summed E-state index contributed by atoms with van der Waals surface area (Å²) >= 11 is 6.87. The highest BCUT2D eigenvalue weighted by Crippen LogP contribution is 2.18. The summed E-state index contributed by atoms with van der Waals surface area (Å²) in [6, 6.07) is 6.71. The Morgan fingerprint density at radius 1 is 1.35 bits per heavy atom. The van der Waals surface area contributed by atoms with Crippen molar-refractivity contribution in [1.82, 2.24) is 0 Å². The van der Waals surface area contributed by atoms with Crippen molar-refractivity contribution in [2.24, 2.45) is 0 Å². The summed E-state index contributed by atoms with van der Waals surface area (Å²) in [5.74, 6) is -1.20. The van der Waals surface area contributed by atoms with Crippen molar-refractivity contribution < 1.29 is 23.9 Å². The van der Waals surface area contributed by atoms with Gasteiger partial charge in [-0.05, 0) is 31.2 Å². The summed E-state index contributed by atoms with van der Waals surface area (Å²) in [5, 5.41) is 3.27. The molecule has 2 atom stereocenters. The zero-order valence-electron chi connectivity index (χ0n) is 12.4. The van der Waals surface area contributed by atoms with Crippen LogP contribution in [-0.4, -0.2) is 41.6 Å². The highest BCUT2D eigenvalue weighted by molar-refractivity contribution is 8.00. The molecule has 23 heavy (non-hydrogen) atoms. The number of carbonyl (C=O) groups is 3. The molecule has 2 rings (SSSR count). The Labute approximate surface area is 142 Å². The van der Waals surface area contributed by atoms with Crippen LogP contribution in [0.2, 0.25) is 5.02 Å². The van der Waals surface area contributed by atoms with Gasteiger partial charge in [-0.15, -0.1) is 11.8 Å². The molecular weight excluding hydrogens is 342 g/mol. The first-order chi connectivity index (χ1) is 10.9. The van der Waals surface area contributed by atoms with E-state index in [1.807, 2.05) is 0 Å². The van der Waals surface area contributed by atoms with Gasteiger partial charge in [-0.25, -0.2) is 4.79 Å². The van der Waals surface area contributed by atoms with Gasteiger partial charge in [-0.1, -0.05) is 11.6 Å². The van der Waals surface area contributed by atoms with E-state index in [4.69, 9.17) is 21.1 Å². The van der Waals surface area contributed by atoms with E-state index in [1.165, 1.54) is 0 Å². The average molecular weight is 358 g/mol. The zero-order chi connectivity index (χ0) is 16.8. The van der Waals surface area contributed by atoms with Crippen LogP contribution in [0.15, 0.2) is 24.3 Å². The zero-order valence-corrected chi connectivity index (χ0v) is 14.0. The SMILES string of the molecule is C[C@H]1C[C@@H](OC(=O)CSCC(=O)Nc2ccc(Cl)cc2)C(=O)O1. The Bertz CT molecular complexity index is 592. The normalized spacial score (nSPS) is 20.0. The van der Waals surface area contributed by atoms with Crippen LogP contribution in [0.3, 0.4) is 0 Å². The number of cyclic esters (lactones) is 1. The number of ether oxygens (including phenoxy) is 2. The Morgan fingerprint density at radius 3 is 2.65 bits per heavy atom. The van der Waals surface area contributed by atoms with Crippen LogP contribution in [0.5, 0.6) is 0 Å². The molecule has 0 bridgehead atoms. The predicted molar refractivity (Wildman–Crippen MR) is 87.5 cm³/mol. The van der Waals surface area contributed by atoms with Crippen molar-refractivity contribution in [1.29, 1.82) is 0 Å². The number of benzene rings is 1. The summed E-state index contributed by atoms with van der Waals surface area (Å²) in [6.07, 6.45) is -0.703. The van der Waals surface area contributed by atoms with Crippen LogP contribution in [0.4, 0.5) is 5.69 Å². The number of hydrogen-bond donors (Lipinski definition) is 1. The molecule has 0 spiro atoms. The van der Waals surface area contributed by atoms with Crippen molar-refractivity contribution in [2.75, 3.05) is 16.8 Å². The molecule has 1 aromatic rings. The number of nitrogens with one attached hydrogen (secondary N) is 1. The lowest BCUT2D eigenvalue weighted by Gasteiger charge is -2.08. The molecule has 0 aliphatic carbocycles. The van der Waals surface area contributed by atoms with Crippen LogP contribution in [0, 0.1) is 0 Å². The van der Waals surface area contributed by atoms with Crippen molar-refractivity contribution in [2.45, 2.75) is 25.6 Å². The predicted octanol–water partition coefficient (Wildman–Crippen LogP) is 2.26. The molecule has 0 radical (unpaired) electrons. The van der Waals surface area contributed by atoms with Gasteiger partial charge in [0.1, 0.15) is 6.10 Å². The van der Waals surface area contributed by atoms with E-state index in [-0.39, 0.29) is 23.5 Å². The Kier molecular flexibility index (Phi) is 6.29. The molecule has 124 valence electrons. The van der Waals surface area contributed by atoms with Gasteiger partial charge in [0.2, 0.25) is 12.0 Å². The van der Waals surface area contributed by atoms with E-state index in [1.54, 1.807) is 31.2 Å². The standard InChI is InChI=1S/C15H16ClNO5S/c1-9-6-12(15(20)21-9)22-14(19)8-23-7-13(18)17-11-4-2-10(16)3-5-11/h2-5,9,12H,6-8H2,1H3,(H,17,18)/t9-,12+/m0/s1. The van der Waals surface area contributed by atoms with Crippen molar-refractivity contribution in [3.63, 3.8) is 0 Å². The second-order valence-corrected chi connectivity index (χ2v) is 6.43. The topological polar surface area (TPSA) is 81.7 Å². The molecule has 1 saturated heterocycles. The Morgan fingerprint density at radius 2 is 2.04 bits per heavy atom. The first-order valence-electron chi connectivity index (χ1n) is 6.97. The van der Waals surface area contributed by atoms with Gasteiger partial charge in [0, 0.05) is 17.1 Å². The molecule has 1 aromatic carbocycles. The maximum atomic E-state index is 11.7. The third-order valence-corrected chi connectivity index (χ3v) is 4.14. The third kappa shape index (κ3) is 5.76. The lowest BCUT2D eigenvalue weighted by Crippen LogP contribution is -2.24. The minimum absolute atomic E-state index is 0.00774. The van der Waals surface area contributed by atoms with Crippen LogP contribution in [0.25, 0.3) is 0 Å². The van der Waals surface area contributed by atoms with Crippen LogP contribution < -0.4 is 5.32 Å². The largest absolute Gasteiger partial charge is 0.460 e. The molecule has 8 heteroatoms. The first kappa shape index (κ1) is 17.6. The monoisotopic (exact) mass is 357 g/mol. The van der Waals surface area contributed by atoms with Gasteiger partial charge < -0.3 is 14.8 Å². The molecular formula is C15H16ClNO5S. The summed E-state index contributed by atoms with van der Waals surface area (Å²) in [6.45, 7) is 1.74. The second kappa shape index (κ2) is 8.21. The summed E-state index contributed by atoms with van der Waals surface area (Å²) in [7, 11) is 0. The molecule has 1 aliphatic heterocycles. The highest BCUT2D eigenvalue weighted by Gasteiger charge is 2.34. The van der Waals surface area contributed by atoms with Crippen LogP contribution in [0.1, 0.15) is 13.3 Å². The molecule has 1 amide bonds. The second-order valence-electron chi connectivity index (χ2n) is 5.01. The molecule has 0 unspecified atom stereocenters. The highest BCUT2D eigenvalue weighted by atomic mass is 35.5. The van der Waals surface area contributed by atoms with Gasteiger partial charge in [0.15, 0.2) is 0 Å². The maximum absolute atomic E-state index is 11.7. The van der Waals surface area contributed by atoms with Crippen LogP contribution >= 0.6 is 23.4 Å². The molecule has 6 nitrogen and oxygen atoms in total. The van der Waals surface area contributed by atoms with E-state index in [0.717, 1.165) is 11.8 Å². The molecule has 1 fully saturated rings. The molecule has 1 N–H and O–H groups in total. The molecule has 1 heterocycles. The fourth-order valence-electron chi connectivity index (χ4n) is 1.97. The fourth-order valence-corrected chi connectivity index (χ4v) is 2.69. The van der Waals surface area contributed by atoms with E-state index in [9.17, 15) is 14.4 Å². The number of hydrogen-bond acceptors (Lipinski definition) is 6. The van der Waals surface area contributed by atoms with Crippen molar-refractivity contribution in [3.05, 3.63) is 29.3 Å². The Hall–Kier alpha value is -1.73. The van der Waals surface area contributed by atoms with Gasteiger partial charge in [-0.3, -0.25) is 9.59 Å². The summed E-state index contributed by atoms with van der Waals surface area (Å²) in [5.41, 5.74) is 0.630. The minimum Gasteiger partial charge on any atom is -0.460 e. The number of carbonyl (C=O) groups excluding carboxylic acids is 3. The van der Waals surface area contributed by atoms with Gasteiger partial charge in [0.25, 0.3) is 0 Å². The number of halogens is 1. The number of thioether (sulfide) groups is 1. The molecule has 0 saturated carbocycles. The maximum Gasteiger partial charge on any atom is 0.347 e. The number of anilines is 1. The summed E-state index contributed by atoms with van der Waals surface area (Å²) in [4.78, 5) is 34.7. The van der Waals surface area contributed by atoms with Crippen molar-refractivity contribution >= 4 is 46.9 Å². The summed E-state index contributed by atoms with van der Waals surface area (Å²) < 4.78 is 9.92. The first-order valence-corrected chi connectivity index (χ1v) is 8.50. The fraction of sp³-hybridized carbons (Fsp3) is 0.400. The van der Waals surface area contributed by atoms with E-state index in [0.29, 0.717) is 17.1 Å². The van der Waals surface area contributed by atoms with Crippen molar-refractivity contribution in [3.8, 4) is 0 Å². The Balaban J connectivity index is 1.66. The lowest BCUT2D eigenvalue weighted by atomic mass is 10.2. The quantitative estimate of drug-likeness (QED) is 0.786. The van der Waals surface area contributed by atoms with E-state index in [2.05, 4.69) is 5.32 Å². The van der Waals surface area contributed by atoms with Gasteiger partial charge in [0.05, 0.1) is 11.5 Å². The average Bonchev–Trinajstić information content (AvgIpc) is 2.79. The number of rotatable bonds is 6. The number of esters is 2. The molecule has 0 aromatic heterocycles. The number of amides is 1. The molecule has 1 aliphatic rings. The van der Waals surface area contributed by atoms with E-state index >= 15 is 0 Å². The van der Waals surface area contributed by atoms with Gasteiger partial charge in [-0.2, -0.15) is 0 Å². The van der Waals surface area contributed by atoms with E-state index < -0.39 is 18.0 Å². The van der Waals surface area contributed by atoms with Crippen LogP contribution in [-0.2, 0) is 23.9 Å². The smallest absolute Gasteiger partial charge is 0.347 e. The minimum atomic E-state index is -0.832.